The minimum Gasteiger partial charge on any atom is -0.497 e. The Morgan fingerprint density at radius 1 is 1.00 bits per heavy atom. The van der Waals surface area contributed by atoms with E-state index in [2.05, 4.69) is 43.0 Å². The van der Waals surface area contributed by atoms with Crippen LogP contribution < -0.4 is 9.64 Å². The lowest BCUT2D eigenvalue weighted by Crippen LogP contribution is -2.42. The Morgan fingerprint density at radius 2 is 1.63 bits per heavy atom. The molecule has 0 amide bonds. The number of Topliss-reactive ketones (excluding diaryl/α,β-unsaturated/α-hetero) is 1. The van der Waals surface area contributed by atoms with Crippen molar-refractivity contribution < 1.29 is 22.7 Å². The van der Waals surface area contributed by atoms with Crippen molar-refractivity contribution in [2.45, 2.75) is 51.0 Å². The third kappa shape index (κ3) is 7.34. The molecule has 210 valence electrons. The van der Waals surface area contributed by atoms with Crippen molar-refractivity contribution in [2.75, 3.05) is 66.0 Å². The van der Waals surface area contributed by atoms with Crippen molar-refractivity contribution in [1.82, 2.24) is 9.21 Å². The first-order chi connectivity index (χ1) is 17.9. The molecule has 2 aromatic rings. The zero-order chi connectivity index (χ0) is 28.0. The van der Waals surface area contributed by atoms with E-state index in [1.54, 1.807) is 33.1 Å². The van der Waals surface area contributed by atoms with Crippen LogP contribution in [0.4, 0.5) is 5.69 Å². The lowest BCUT2D eigenvalue weighted by Gasteiger charge is -2.37. The van der Waals surface area contributed by atoms with Crippen molar-refractivity contribution in [1.29, 1.82) is 0 Å². The fourth-order valence-electron chi connectivity index (χ4n) is 5.17. The van der Waals surface area contributed by atoms with Crippen molar-refractivity contribution in [2.24, 2.45) is 0 Å². The SMILES string of the molecule is COc1cc(C)c(S(=O)(=O)N(C)CCOCC(=O)Cc2ccc(N3CCC(N(C)C)CC3)c(C)c2)c(C)c1. The average molecular weight is 546 g/mol. The fourth-order valence-corrected chi connectivity index (χ4v) is 6.73. The van der Waals surface area contributed by atoms with Gasteiger partial charge in [0.25, 0.3) is 0 Å². The third-order valence-corrected chi connectivity index (χ3v) is 9.51. The molecule has 0 aliphatic carbocycles. The summed E-state index contributed by atoms with van der Waals surface area (Å²) >= 11 is 0. The molecule has 1 aliphatic heterocycles. The van der Waals surface area contributed by atoms with Gasteiger partial charge in [-0.15, -0.1) is 0 Å². The van der Waals surface area contributed by atoms with Gasteiger partial charge in [0.15, 0.2) is 5.78 Å². The summed E-state index contributed by atoms with van der Waals surface area (Å²) in [6, 6.07) is 10.3. The van der Waals surface area contributed by atoms with Crippen molar-refractivity contribution >= 4 is 21.5 Å². The normalized spacial score (nSPS) is 14.9. The number of hydrogen-bond donors (Lipinski definition) is 0. The van der Waals surface area contributed by atoms with Gasteiger partial charge in [0, 0.05) is 44.8 Å². The van der Waals surface area contributed by atoms with Gasteiger partial charge in [0.2, 0.25) is 10.0 Å². The highest BCUT2D eigenvalue weighted by atomic mass is 32.2. The molecule has 0 unspecified atom stereocenters. The maximum absolute atomic E-state index is 13.1. The molecule has 0 bridgehead atoms. The van der Waals surface area contributed by atoms with Gasteiger partial charge in [0.05, 0.1) is 18.6 Å². The number of carbonyl (C=O) groups is 1. The summed E-state index contributed by atoms with van der Waals surface area (Å²) in [6.45, 7) is 7.93. The number of piperidine rings is 1. The van der Waals surface area contributed by atoms with E-state index in [0.717, 1.165) is 31.5 Å². The first kappa shape index (κ1) is 30.1. The molecule has 2 aromatic carbocycles. The van der Waals surface area contributed by atoms with Crippen LogP contribution in [0.1, 0.15) is 35.1 Å². The van der Waals surface area contributed by atoms with Crippen LogP contribution in [0, 0.1) is 20.8 Å². The second kappa shape index (κ2) is 13.1. The Labute approximate surface area is 228 Å². The van der Waals surface area contributed by atoms with Gasteiger partial charge in [-0.1, -0.05) is 12.1 Å². The van der Waals surface area contributed by atoms with Crippen LogP contribution in [0.15, 0.2) is 35.2 Å². The minimum absolute atomic E-state index is 0.0312. The molecule has 38 heavy (non-hydrogen) atoms. The highest BCUT2D eigenvalue weighted by Crippen LogP contribution is 2.28. The Morgan fingerprint density at radius 3 is 2.18 bits per heavy atom. The smallest absolute Gasteiger partial charge is 0.243 e. The quantitative estimate of drug-likeness (QED) is 0.377. The molecule has 1 fully saturated rings. The number of nitrogens with zero attached hydrogens (tertiary/aromatic N) is 3. The monoisotopic (exact) mass is 545 g/mol. The van der Waals surface area contributed by atoms with E-state index in [1.165, 1.54) is 22.6 Å². The average Bonchev–Trinajstić information content (AvgIpc) is 2.86. The summed E-state index contributed by atoms with van der Waals surface area (Å²) < 4.78 is 38.3. The van der Waals surface area contributed by atoms with Crippen LogP contribution in [-0.4, -0.2) is 90.5 Å². The standard InChI is InChI=1S/C29H43N3O5S/c1-21-16-24(8-9-28(21)32-12-10-25(11-13-32)30(4)5)19-26(33)20-37-15-14-31(6)38(34,35)29-22(2)17-27(36-7)18-23(29)3/h8-9,16-18,25H,10-15,19-20H2,1-7H3. The van der Waals surface area contributed by atoms with Crippen LogP contribution in [0.3, 0.4) is 0 Å². The molecule has 1 saturated heterocycles. The predicted molar refractivity (Wildman–Crippen MR) is 152 cm³/mol. The largest absolute Gasteiger partial charge is 0.497 e. The van der Waals surface area contributed by atoms with Gasteiger partial charge in [-0.3, -0.25) is 4.79 Å². The lowest BCUT2D eigenvalue weighted by atomic mass is 10.0. The van der Waals surface area contributed by atoms with Crippen molar-refractivity contribution in [3.63, 3.8) is 0 Å². The molecule has 1 aliphatic rings. The summed E-state index contributed by atoms with van der Waals surface area (Å²) in [5.74, 6) is 0.592. The molecule has 0 spiro atoms. The van der Waals surface area contributed by atoms with Crippen molar-refractivity contribution in [3.05, 3.63) is 52.6 Å². The summed E-state index contributed by atoms with van der Waals surface area (Å²) in [5.41, 5.74) is 4.64. The highest BCUT2D eigenvalue weighted by Gasteiger charge is 2.25. The molecule has 9 heteroatoms. The second-order valence-electron chi connectivity index (χ2n) is 10.5. The predicted octanol–water partition coefficient (Wildman–Crippen LogP) is 3.60. The fraction of sp³-hybridized carbons (Fsp3) is 0.552. The Hall–Kier alpha value is -2.46. The second-order valence-corrected chi connectivity index (χ2v) is 12.5. The van der Waals surface area contributed by atoms with Crippen LogP contribution in [-0.2, 0) is 26.0 Å². The molecule has 8 nitrogen and oxygen atoms in total. The number of sulfonamides is 1. The summed E-state index contributed by atoms with van der Waals surface area (Å²) in [4.78, 5) is 17.6. The first-order valence-electron chi connectivity index (χ1n) is 13.2. The van der Waals surface area contributed by atoms with E-state index < -0.39 is 10.0 Å². The molecule has 0 aromatic heterocycles. The van der Waals surface area contributed by atoms with E-state index in [9.17, 15) is 13.2 Å². The van der Waals surface area contributed by atoms with Crippen LogP contribution >= 0.6 is 0 Å². The van der Waals surface area contributed by atoms with Crippen LogP contribution in [0.2, 0.25) is 0 Å². The number of anilines is 1. The maximum atomic E-state index is 13.1. The van der Waals surface area contributed by atoms with Gasteiger partial charge in [0.1, 0.15) is 12.4 Å². The number of benzene rings is 2. The van der Waals surface area contributed by atoms with Gasteiger partial charge in [-0.05, 0) is 88.2 Å². The van der Waals surface area contributed by atoms with E-state index in [4.69, 9.17) is 9.47 Å². The zero-order valence-electron chi connectivity index (χ0n) is 23.9. The molecule has 3 rings (SSSR count). The lowest BCUT2D eigenvalue weighted by molar-refractivity contribution is -0.122. The molecule has 0 saturated carbocycles. The van der Waals surface area contributed by atoms with Gasteiger partial charge < -0.3 is 19.3 Å². The van der Waals surface area contributed by atoms with Gasteiger partial charge in [-0.25, -0.2) is 8.42 Å². The highest BCUT2D eigenvalue weighted by molar-refractivity contribution is 7.89. The van der Waals surface area contributed by atoms with E-state index in [0.29, 0.717) is 29.3 Å². The Bertz CT molecular complexity index is 1200. The van der Waals surface area contributed by atoms with E-state index >= 15 is 0 Å². The molecule has 0 atom stereocenters. The molecule has 1 heterocycles. The van der Waals surface area contributed by atoms with Crippen LogP contribution in [0.25, 0.3) is 0 Å². The Balaban J connectivity index is 1.48. The van der Waals surface area contributed by atoms with Crippen molar-refractivity contribution in [3.8, 4) is 5.75 Å². The Kier molecular flexibility index (Phi) is 10.3. The van der Waals surface area contributed by atoms with Crippen LogP contribution in [0.5, 0.6) is 5.75 Å². The number of likely N-dealkylation sites (N-methyl/N-ethyl adjacent to an activating group) is 1. The number of hydrogen-bond acceptors (Lipinski definition) is 7. The summed E-state index contributed by atoms with van der Waals surface area (Å²) in [6.07, 6.45) is 2.60. The number of ether oxygens (including phenoxy) is 2. The molecule has 0 radical (unpaired) electrons. The van der Waals surface area contributed by atoms with E-state index in [-0.39, 0.29) is 30.4 Å². The zero-order valence-corrected chi connectivity index (χ0v) is 24.7. The molecular formula is C29H43N3O5S. The number of methoxy groups -OCH3 is 1. The number of rotatable bonds is 12. The summed E-state index contributed by atoms with van der Waals surface area (Å²) in [5, 5.41) is 0. The first-order valence-corrected chi connectivity index (χ1v) is 14.6. The minimum atomic E-state index is -3.69. The number of aryl methyl sites for hydroxylation is 3. The molecular weight excluding hydrogens is 502 g/mol. The maximum Gasteiger partial charge on any atom is 0.243 e. The number of carbonyl (C=O) groups excluding carboxylic acids is 1. The number of ketones is 1. The van der Waals surface area contributed by atoms with Gasteiger partial charge >= 0.3 is 0 Å². The van der Waals surface area contributed by atoms with E-state index in [1.807, 2.05) is 6.07 Å². The summed E-state index contributed by atoms with van der Waals surface area (Å²) in [7, 11) is 3.67. The third-order valence-electron chi connectivity index (χ3n) is 7.35. The van der Waals surface area contributed by atoms with Gasteiger partial charge in [-0.2, -0.15) is 4.31 Å². The topological polar surface area (TPSA) is 79.4 Å². The molecule has 0 N–H and O–H groups in total.